The van der Waals surface area contributed by atoms with Gasteiger partial charge in [-0.3, -0.25) is 4.79 Å². The monoisotopic (exact) mass is 167 g/mol. The maximum absolute atomic E-state index is 11.3. The van der Waals surface area contributed by atoms with Crippen molar-refractivity contribution in [2.75, 3.05) is 13.1 Å². The molecule has 1 saturated heterocycles. The van der Waals surface area contributed by atoms with Gasteiger partial charge < -0.3 is 10.0 Å². The quantitative estimate of drug-likeness (QED) is 0.588. The molecular weight excluding hydrogens is 154 g/mol. The molecule has 1 rings (SSSR count). The van der Waals surface area contributed by atoms with Crippen LogP contribution < -0.4 is 0 Å². The van der Waals surface area contributed by atoms with Gasteiger partial charge in [-0.25, -0.2) is 0 Å². The molecule has 0 aliphatic carbocycles. The Kier molecular flexibility index (Phi) is 3.12. The molecule has 1 aliphatic rings. The van der Waals surface area contributed by atoms with Crippen molar-refractivity contribution in [2.45, 2.75) is 25.4 Å². The van der Waals surface area contributed by atoms with Crippen LogP contribution in [-0.4, -0.2) is 35.1 Å². The third kappa shape index (κ3) is 2.24. The molecule has 0 aromatic rings. The minimum absolute atomic E-state index is 0.0597. The van der Waals surface area contributed by atoms with Crippen LogP contribution in [0, 0.1) is 12.3 Å². The zero-order valence-electron chi connectivity index (χ0n) is 6.99. The Balaban J connectivity index is 2.29. The number of carbonyl (C=O) groups is 1. The molecular formula is C9H13NO2. The Morgan fingerprint density at radius 3 is 3.00 bits per heavy atom. The number of hydrogen-bond acceptors (Lipinski definition) is 2. The molecule has 0 aromatic heterocycles. The smallest absolute Gasteiger partial charge is 0.223 e. The van der Waals surface area contributed by atoms with Gasteiger partial charge in [-0.05, 0) is 6.42 Å². The van der Waals surface area contributed by atoms with Crippen LogP contribution in [0.3, 0.4) is 0 Å². The van der Waals surface area contributed by atoms with Crippen molar-refractivity contribution < 1.29 is 9.90 Å². The molecule has 0 bridgehead atoms. The van der Waals surface area contributed by atoms with Crippen molar-refractivity contribution in [3.8, 4) is 12.3 Å². The number of β-amino-alcohol motifs (C(OH)–C–C–N with tert-alkyl or cyclic N) is 1. The van der Waals surface area contributed by atoms with E-state index in [1.54, 1.807) is 4.90 Å². The lowest BCUT2D eigenvalue weighted by Gasteiger charge is -2.14. The van der Waals surface area contributed by atoms with Crippen LogP contribution in [0.15, 0.2) is 0 Å². The fraction of sp³-hybridized carbons (Fsp3) is 0.667. The van der Waals surface area contributed by atoms with Crippen LogP contribution >= 0.6 is 0 Å². The Labute approximate surface area is 72.4 Å². The molecule has 1 fully saturated rings. The van der Waals surface area contributed by atoms with Crippen molar-refractivity contribution in [1.82, 2.24) is 4.90 Å². The fourth-order valence-electron chi connectivity index (χ4n) is 1.31. The van der Waals surface area contributed by atoms with Gasteiger partial charge in [0.2, 0.25) is 5.91 Å². The SMILES string of the molecule is C#CCCC(=O)N1CC[C@@H](O)C1. The summed E-state index contributed by atoms with van der Waals surface area (Å²) in [6, 6.07) is 0. The molecule has 3 nitrogen and oxygen atoms in total. The Hall–Kier alpha value is -1.01. The van der Waals surface area contributed by atoms with Gasteiger partial charge in [0.25, 0.3) is 0 Å². The van der Waals surface area contributed by atoms with Crippen LogP contribution in [0.5, 0.6) is 0 Å². The second-order valence-electron chi connectivity index (χ2n) is 2.99. The predicted octanol–water partition coefficient (Wildman–Crippen LogP) is -0.00700. The molecule has 1 amide bonds. The van der Waals surface area contributed by atoms with Gasteiger partial charge in [0.1, 0.15) is 0 Å². The van der Waals surface area contributed by atoms with Crippen LogP contribution in [0.2, 0.25) is 0 Å². The number of carbonyl (C=O) groups excluding carboxylic acids is 1. The van der Waals surface area contributed by atoms with Gasteiger partial charge in [-0.15, -0.1) is 12.3 Å². The minimum Gasteiger partial charge on any atom is -0.391 e. The molecule has 12 heavy (non-hydrogen) atoms. The van der Waals surface area contributed by atoms with E-state index in [9.17, 15) is 4.79 Å². The molecule has 1 N–H and O–H groups in total. The molecule has 0 radical (unpaired) electrons. The predicted molar refractivity (Wildman–Crippen MR) is 45.3 cm³/mol. The summed E-state index contributed by atoms with van der Waals surface area (Å²) in [7, 11) is 0. The number of aliphatic hydroxyl groups excluding tert-OH is 1. The molecule has 1 atom stereocenters. The Morgan fingerprint density at radius 2 is 2.50 bits per heavy atom. The van der Waals surface area contributed by atoms with Gasteiger partial charge in [-0.1, -0.05) is 0 Å². The van der Waals surface area contributed by atoms with E-state index in [0.717, 1.165) is 0 Å². The molecule has 0 unspecified atom stereocenters. The zero-order valence-corrected chi connectivity index (χ0v) is 6.99. The second-order valence-corrected chi connectivity index (χ2v) is 2.99. The van der Waals surface area contributed by atoms with E-state index in [1.807, 2.05) is 0 Å². The average molecular weight is 167 g/mol. The van der Waals surface area contributed by atoms with Crippen molar-refractivity contribution >= 4 is 5.91 Å². The van der Waals surface area contributed by atoms with Gasteiger partial charge >= 0.3 is 0 Å². The highest BCUT2D eigenvalue weighted by Gasteiger charge is 2.23. The molecule has 66 valence electrons. The van der Waals surface area contributed by atoms with E-state index in [4.69, 9.17) is 11.5 Å². The topological polar surface area (TPSA) is 40.5 Å². The van der Waals surface area contributed by atoms with Crippen molar-refractivity contribution in [3.05, 3.63) is 0 Å². The van der Waals surface area contributed by atoms with Crippen LogP contribution in [-0.2, 0) is 4.79 Å². The highest BCUT2D eigenvalue weighted by molar-refractivity contribution is 5.76. The van der Waals surface area contributed by atoms with E-state index >= 15 is 0 Å². The summed E-state index contributed by atoms with van der Waals surface area (Å²) < 4.78 is 0. The summed E-state index contributed by atoms with van der Waals surface area (Å²) in [5, 5.41) is 9.14. The maximum atomic E-state index is 11.3. The first-order chi connectivity index (χ1) is 5.74. The molecule has 1 aliphatic heterocycles. The normalized spacial score (nSPS) is 22.3. The second kappa shape index (κ2) is 4.13. The summed E-state index contributed by atoms with van der Waals surface area (Å²) in [6.45, 7) is 1.15. The number of aliphatic hydroxyl groups is 1. The highest BCUT2D eigenvalue weighted by Crippen LogP contribution is 2.10. The lowest BCUT2D eigenvalue weighted by atomic mass is 10.3. The first-order valence-corrected chi connectivity index (χ1v) is 4.13. The van der Waals surface area contributed by atoms with Crippen LogP contribution in [0.25, 0.3) is 0 Å². The van der Waals surface area contributed by atoms with E-state index in [1.165, 1.54) is 0 Å². The third-order valence-electron chi connectivity index (χ3n) is 2.00. The largest absolute Gasteiger partial charge is 0.391 e. The Morgan fingerprint density at radius 1 is 1.75 bits per heavy atom. The minimum atomic E-state index is -0.334. The molecule has 0 aromatic carbocycles. The van der Waals surface area contributed by atoms with Crippen molar-refractivity contribution in [1.29, 1.82) is 0 Å². The van der Waals surface area contributed by atoms with Gasteiger partial charge in [0, 0.05) is 25.9 Å². The lowest BCUT2D eigenvalue weighted by Crippen LogP contribution is -2.29. The Bertz CT molecular complexity index is 207. The molecule has 0 saturated carbocycles. The highest BCUT2D eigenvalue weighted by atomic mass is 16.3. The number of rotatable bonds is 2. The number of amides is 1. The van der Waals surface area contributed by atoms with E-state index < -0.39 is 0 Å². The number of hydrogen-bond donors (Lipinski definition) is 1. The molecule has 0 spiro atoms. The van der Waals surface area contributed by atoms with Crippen molar-refractivity contribution in [3.63, 3.8) is 0 Å². The van der Waals surface area contributed by atoms with E-state index in [-0.39, 0.29) is 12.0 Å². The van der Waals surface area contributed by atoms with Gasteiger partial charge in [-0.2, -0.15) is 0 Å². The van der Waals surface area contributed by atoms with Gasteiger partial charge in [0.15, 0.2) is 0 Å². The van der Waals surface area contributed by atoms with Gasteiger partial charge in [0.05, 0.1) is 6.10 Å². The van der Waals surface area contributed by atoms with E-state index in [0.29, 0.717) is 32.4 Å². The zero-order chi connectivity index (χ0) is 8.97. The summed E-state index contributed by atoms with van der Waals surface area (Å²) in [5.41, 5.74) is 0. The third-order valence-corrected chi connectivity index (χ3v) is 2.00. The number of nitrogens with zero attached hydrogens (tertiary/aromatic N) is 1. The summed E-state index contributed by atoms with van der Waals surface area (Å²) in [6.07, 6.45) is 6.29. The fourth-order valence-corrected chi connectivity index (χ4v) is 1.31. The maximum Gasteiger partial charge on any atom is 0.223 e. The summed E-state index contributed by atoms with van der Waals surface area (Å²) in [4.78, 5) is 12.9. The number of terminal acetylenes is 1. The van der Waals surface area contributed by atoms with Crippen LogP contribution in [0.4, 0.5) is 0 Å². The first-order valence-electron chi connectivity index (χ1n) is 4.13. The summed E-state index contributed by atoms with van der Waals surface area (Å²) >= 11 is 0. The van der Waals surface area contributed by atoms with E-state index in [2.05, 4.69) is 5.92 Å². The average Bonchev–Trinajstić information content (AvgIpc) is 2.47. The molecule has 3 heteroatoms. The number of likely N-dealkylation sites (tertiary alicyclic amines) is 1. The standard InChI is InChI=1S/C9H13NO2/c1-2-3-4-9(12)10-6-5-8(11)7-10/h1,8,11H,3-7H2/t8-/m1/s1. The first kappa shape index (κ1) is 9.08. The molecule has 1 heterocycles. The lowest BCUT2D eigenvalue weighted by molar-refractivity contribution is -0.130. The summed E-state index contributed by atoms with van der Waals surface area (Å²) in [5.74, 6) is 2.48. The van der Waals surface area contributed by atoms with Crippen LogP contribution in [0.1, 0.15) is 19.3 Å². The van der Waals surface area contributed by atoms with Crippen molar-refractivity contribution in [2.24, 2.45) is 0 Å².